The highest BCUT2D eigenvalue weighted by Gasteiger charge is 2.42. The monoisotopic (exact) mass is 429 g/mol. The van der Waals surface area contributed by atoms with Crippen molar-refractivity contribution in [1.29, 1.82) is 0 Å². The third kappa shape index (κ3) is 5.17. The van der Waals surface area contributed by atoms with Crippen molar-refractivity contribution >= 4 is 16.9 Å². The molecule has 3 aliphatic carbocycles. The SMILES string of the molecule is CC.CC.CCOC(=O)c1nn(C)c2c1CC1CC2C1.Cc1c[nH]c2cc(F)ccc12. The molecule has 170 valence electrons. The van der Waals surface area contributed by atoms with E-state index in [-0.39, 0.29) is 11.8 Å². The second-order valence-corrected chi connectivity index (χ2v) is 7.46. The Bertz CT molecular complexity index is 1000. The summed E-state index contributed by atoms with van der Waals surface area (Å²) in [4.78, 5) is 14.7. The van der Waals surface area contributed by atoms with Crippen molar-refractivity contribution in [1.82, 2.24) is 14.8 Å². The quantitative estimate of drug-likeness (QED) is 0.485. The lowest BCUT2D eigenvalue weighted by atomic mass is 9.64. The molecule has 0 aliphatic heterocycles. The molecular formula is C25H36FN3O2. The number of carbonyl (C=O) groups excluding carboxylic acids is 1. The van der Waals surface area contributed by atoms with Crippen LogP contribution in [0.4, 0.5) is 4.39 Å². The lowest BCUT2D eigenvalue weighted by molar-refractivity contribution is 0.0516. The van der Waals surface area contributed by atoms with E-state index in [4.69, 9.17) is 4.74 Å². The minimum Gasteiger partial charge on any atom is -0.461 e. The molecule has 6 rings (SSSR count). The summed E-state index contributed by atoms with van der Waals surface area (Å²) in [5.41, 5.74) is 4.98. The van der Waals surface area contributed by atoms with Gasteiger partial charge in [-0.15, -0.1) is 0 Å². The summed E-state index contributed by atoms with van der Waals surface area (Å²) in [5.74, 6) is 0.948. The van der Waals surface area contributed by atoms with Crippen LogP contribution in [0.25, 0.3) is 10.9 Å². The van der Waals surface area contributed by atoms with Gasteiger partial charge in [0, 0.05) is 41.3 Å². The van der Waals surface area contributed by atoms with Gasteiger partial charge in [0.2, 0.25) is 0 Å². The van der Waals surface area contributed by atoms with E-state index in [0.29, 0.717) is 18.2 Å². The highest BCUT2D eigenvalue weighted by molar-refractivity contribution is 5.89. The number of hydrogen-bond acceptors (Lipinski definition) is 3. The molecule has 31 heavy (non-hydrogen) atoms. The lowest BCUT2D eigenvalue weighted by Crippen LogP contribution is -2.32. The van der Waals surface area contributed by atoms with Gasteiger partial charge in [-0.05, 0) is 62.8 Å². The third-order valence-electron chi connectivity index (χ3n) is 5.63. The molecule has 5 nitrogen and oxygen atoms in total. The number of fused-ring (bicyclic) bond motifs is 1. The van der Waals surface area contributed by atoms with Gasteiger partial charge in [0.15, 0.2) is 5.69 Å². The van der Waals surface area contributed by atoms with Crippen LogP contribution in [0, 0.1) is 18.7 Å². The van der Waals surface area contributed by atoms with Crippen LogP contribution in [-0.2, 0) is 18.2 Å². The Hall–Kier alpha value is -2.63. The number of rotatable bonds is 2. The Labute approximate surface area is 185 Å². The third-order valence-corrected chi connectivity index (χ3v) is 5.63. The van der Waals surface area contributed by atoms with Crippen molar-refractivity contribution in [2.45, 2.75) is 66.7 Å². The molecule has 1 fully saturated rings. The van der Waals surface area contributed by atoms with E-state index < -0.39 is 0 Å². The van der Waals surface area contributed by atoms with Crippen LogP contribution in [0.3, 0.4) is 0 Å². The molecule has 1 N–H and O–H groups in total. The molecule has 2 heterocycles. The standard InChI is InChI=1S/C12H16N2O2.C9H8FN.2C2H6/c1-3-16-12(15)10-9-6-7-4-8(5-7)11(9)14(2)13-10;1-6-5-11-9-4-7(10)2-3-8(6)9;2*1-2/h7-8H,3-6H2,1-2H3;2-5,11H,1H3;2*1-2H3. The van der Waals surface area contributed by atoms with E-state index in [1.54, 1.807) is 6.07 Å². The van der Waals surface area contributed by atoms with Gasteiger partial charge in [0.1, 0.15) is 5.82 Å². The first-order chi connectivity index (χ1) is 15.0. The smallest absolute Gasteiger partial charge is 0.359 e. The normalized spacial score (nSPS) is 17.5. The topological polar surface area (TPSA) is 59.9 Å². The fraction of sp³-hybridized carbons (Fsp3) is 0.520. The van der Waals surface area contributed by atoms with Crippen LogP contribution in [0.1, 0.15) is 80.7 Å². The maximum atomic E-state index is 12.6. The zero-order valence-corrected chi connectivity index (χ0v) is 19.9. The van der Waals surface area contributed by atoms with Crippen LogP contribution in [0.5, 0.6) is 0 Å². The van der Waals surface area contributed by atoms with Gasteiger partial charge in [-0.2, -0.15) is 5.10 Å². The Balaban J connectivity index is 0.000000199. The molecule has 2 bridgehead atoms. The highest BCUT2D eigenvalue weighted by atomic mass is 19.1. The first-order valence-electron chi connectivity index (χ1n) is 11.4. The molecule has 1 aromatic carbocycles. The minimum atomic E-state index is -0.263. The summed E-state index contributed by atoms with van der Waals surface area (Å²) in [6.07, 6.45) is 5.43. The summed E-state index contributed by atoms with van der Waals surface area (Å²) < 4.78 is 19.5. The molecule has 0 atom stereocenters. The fourth-order valence-electron chi connectivity index (χ4n) is 4.31. The first kappa shape index (κ1) is 24.6. The number of aryl methyl sites for hydroxylation is 2. The Morgan fingerprint density at radius 2 is 1.94 bits per heavy atom. The van der Waals surface area contributed by atoms with Crippen LogP contribution in [-0.4, -0.2) is 27.3 Å². The van der Waals surface area contributed by atoms with E-state index >= 15 is 0 Å². The molecule has 6 heteroatoms. The van der Waals surface area contributed by atoms with Gasteiger partial charge in [0.05, 0.1) is 6.61 Å². The number of carbonyl (C=O) groups is 1. The molecule has 3 aromatic rings. The van der Waals surface area contributed by atoms with E-state index in [0.717, 1.165) is 34.4 Å². The van der Waals surface area contributed by atoms with Crippen molar-refractivity contribution in [2.24, 2.45) is 13.0 Å². The van der Waals surface area contributed by atoms with Gasteiger partial charge in [0.25, 0.3) is 0 Å². The second kappa shape index (κ2) is 11.1. The molecule has 0 amide bonds. The average molecular weight is 430 g/mol. The molecular weight excluding hydrogens is 393 g/mol. The van der Waals surface area contributed by atoms with E-state index in [1.807, 2.05) is 59.5 Å². The molecule has 0 spiro atoms. The maximum Gasteiger partial charge on any atom is 0.359 e. The number of esters is 1. The Morgan fingerprint density at radius 3 is 2.58 bits per heavy atom. The second-order valence-electron chi connectivity index (χ2n) is 7.46. The van der Waals surface area contributed by atoms with Gasteiger partial charge in [-0.25, -0.2) is 9.18 Å². The largest absolute Gasteiger partial charge is 0.461 e. The Kier molecular flexibility index (Phi) is 8.84. The molecule has 0 radical (unpaired) electrons. The molecule has 0 saturated heterocycles. The summed E-state index contributed by atoms with van der Waals surface area (Å²) in [7, 11) is 1.93. The van der Waals surface area contributed by atoms with Crippen molar-refractivity contribution in [2.75, 3.05) is 6.61 Å². The van der Waals surface area contributed by atoms with Crippen LogP contribution < -0.4 is 0 Å². The van der Waals surface area contributed by atoms with Gasteiger partial charge >= 0.3 is 5.97 Å². The van der Waals surface area contributed by atoms with E-state index in [9.17, 15) is 9.18 Å². The van der Waals surface area contributed by atoms with E-state index in [1.165, 1.54) is 30.7 Å². The molecule has 0 unspecified atom stereocenters. The zero-order valence-electron chi connectivity index (χ0n) is 19.9. The van der Waals surface area contributed by atoms with Gasteiger partial charge in [-0.3, -0.25) is 4.68 Å². The minimum absolute atomic E-state index is 0.195. The van der Waals surface area contributed by atoms with Gasteiger partial charge in [-0.1, -0.05) is 27.7 Å². The highest BCUT2D eigenvalue weighted by Crippen LogP contribution is 2.50. The van der Waals surface area contributed by atoms with Crippen molar-refractivity contribution in [3.8, 4) is 0 Å². The number of H-pyrrole nitrogens is 1. The maximum absolute atomic E-state index is 12.6. The molecule has 1 saturated carbocycles. The van der Waals surface area contributed by atoms with Crippen molar-refractivity contribution in [3.05, 3.63) is 52.7 Å². The number of aromatic amines is 1. The number of ether oxygens (including phenoxy) is 1. The molecule has 2 aromatic heterocycles. The number of nitrogens with one attached hydrogen (secondary N) is 1. The van der Waals surface area contributed by atoms with Crippen LogP contribution >= 0.6 is 0 Å². The number of nitrogens with zero attached hydrogens (tertiary/aromatic N) is 2. The number of aromatic nitrogens is 3. The van der Waals surface area contributed by atoms with Crippen LogP contribution in [0.2, 0.25) is 0 Å². The van der Waals surface area contributed by atoms with Crippen molar-refractivity contribution in [3.63, 3.8) is 0 Å². The first-order valence-corrected chi connectivity index (χ1v) is 11.4. The summed E-state index contributed by atoms with van der Waals surface area (Å²) in [6, 6.07) is 4.77. The number of hydrogen-bond donors (Lipinski definition) is 1. The summed E-state index contributed by atoms with van der Waals surface area (Å²) in [6.45, 7) is 12.2. The zero-order chi connectivity index (χ0) is 23.1. The van der Waals surface area contributed by atoms with Crippen molar-refractivity contribution < 1.29 is 13.9 Å². The predicted molar refractivity (Wildman–Crippen MR) is 124 cm³/mol. The Morgan fingerprint density at radius 1 is 1.26 bits per heavy atom. The van der Waals surface area contributed by atoms with Crippen LogP contribution in [0.15, 0.2) is 24.4 Å². The predicted octanol–water partition coefficient (Wildman–Crippen LogP) is 6.31. The van der Waals surface area contributed by atoms with E-state index in [2.05, 4.69) is 10.1 Å². The lowest BCUT2D eigenvalue weighted by Gasteiger charge is -2.41. The van der Waals surface area contributed by atoms with Gasteiger partial charge < -0.3 is 9.72 Å². The fourth-order valence-corrected chi connectivity index (χ4v) is 4.31. The summed E-state index contributed by atoms with van der Waals surface area (Å²) in [5, 5.41) is 5.42. The number of benzene rings is 1. The molecule has 3 aliphatic rings. The average Bonchev–Trinajstić information content (AvgIpc) is 3.31. The number of halogens is 1. The summed E-state index contributed by atoms with van der Waals surface area (Å²) >= 11 is 0.